The van der Waals surface area contributed by atoms with Crippen LogP contribution in [0.15, 0.2) is 42.9 Å². The number of aromatic nitrogens is 3. The van der Waals surface area contributed by atoms with E-state index in [1.165, 1.54) is 6.20 Å². The summed E-state index contributed by atoms with van der Waals surface area (Å²) in [7, 11) is 1.89. The van der Waals surface area contributed by atoms with Crippen molar-refractivity contribution in [3.63, 3.8) is 0 Å². The Labute approximate surface area is 149 Å². The third kappa shape index (κ3) is 3.72. The molecule has 2 aromatic heterocycles. The van der Waals surface area contributed by atoms with E-state index < -0.39 is 0 Å². The van der Waals surface area contributed by atoms with E-state index in [1.54, 1.807) is 35.1 Å². The third-order valence-corrected chi connectivity index (χ3v) is 4.03. The zero-order valence-electron chi connectivity index (χ0n) is 13.7. The highest BCUT2D eigenvalue weighted by Crippen LogP contribution is 2.29. The topological polar surface area (TPSA) is 82.8 Å². The maximum atomic E-state index is 12.7. The van der Waals surface area contributed by atoms with Crippen LogP contribution in [0.1, 0.15) is 16.8 Å². The summed E-state index contributed by atoms with van der Waals surface area (Å²) in [6.07, 6.45) is 5.45. The van der Waals surface area contributed by atoms with E-state index in [0.717, 1.165) is 5.69 Å². The number of amides is 1. The summed E-state index contributed by atoms with van der Waals surface area (Å²) in [6.45, 7) is 0.757. The van der Waals surface area contributed by atoms with Gasteiger partial charge in [-0.2, -0.15) is 5.10 Å². The van der Waals surface area contributed by atoms with Crippen LogP contribution in [-0.4, -0.2) is 45.8 Å². The lowest BCUT2D eigenvalue weighted by molar-refractivity contribution is 0.102. The minimum absolute atomic E-state index is 0.105. The van der Waals surface area contributed by atoms with Gasteiger partial charge in [0.15, 0.2) is 5.65 Å². The molecule has 7 nitrogen and oxygen atoms in total. The predicted molar refractivity (Wildman–Crippen MR) is 97.4 cm³/mol. The van der Waals surface area contributed by atoms with Gasteiger partial charge in [-0.1, -0.05) is 11.6 Å². The lowest BCUT2D eigenvalue weighted by Gasteiger charge is -2.22. The molecule has 8 heteroatoms. The molecule has 0 fully saturated rings. The summed E-state index contributed by atoms with van der Waals surface area (Å²) < 4.78 is 1.54. The monoisotopic (exact) mass is 359 g/mol. The van der Waals surface area contributed by atoms with E-state index in [4.69, 9.17) is 16.7 Å². The van der Waals surface area contributed by atoms with E-state index in [1.807, 2.05) is 18.0 Å². The number of benzene rings is 1. The fourth-order valence-corrected chi connectivity index (χ4v) is 2.72. The maximum Gasteiger partial charge on any atom is 0.261 e. The number of carbonyl (C=O) groups is 1. The van der Waals surface area contributed by atoms with Crippen LogP contribution in [0.25, 0.3) is 5.65 Å². The summed E-state index contributed by atoms with van der Waals surface area (Å²) >= 11 is 6.09. The summed E-state index contributed by atoms with van der Waals surface area (Å²) in [4.78, 5) is 18.8. The molecule has 2 heterocycles. The minimum Gasteiger partial charge on any atom is -0.396 e. The number of nitrogens with zero attached hydrogens (tertiary/aromatic N) is 4. The van der Waals surface area contributed by atoms with Crippen LogP contribution in [0.3, 0.4) is 0 Å². The molecule has 0 aliphatic carbocycles. The zero-order valence-corrected chi connectivity index (χ0v) is 14.4. The molecule has 1 amide bonds. The van der Waals surface area contributed by atoms with Crippen LogP contribution in [0.5, 0.6) is 0 Å². The molecule has 3 aromatic rings. The van der Waals surface area contributed by atoms with Crippen LogP contribution in [0.4, 0.5) is 11.4 Å². The first kappa shape index (κ1) is 17.2. The summed E-state index contributed by atoms with van der Waals surface area (Å²) in [5.74, 6) is -0.312. The second-order valence-electron chi connectivity index (χ2n) is 5.56. The Kier molecular flexibility index (Phi) is 5.16. The molecule has 0 radical (unpaired) electrons. The van der Waals surface area contributed by atoms with Crippen LogP contribution < -0.4 is 10.2 Å². The minimum atomic E-state index is -0.312. The molecule has 0 saturated heterocycles. The second kappa shape index (κ2) is 7.50. The Hall–Kier alpha value is -2.64. The molecule has 130 valence electrons. The largest absolute Gasteiger partial charge is 0.396 e. The van der Waals surface area contributed by atoms with Gasteiger partial charge in [0.05, 0.1) is 17.6 Å². The first-order valence-corrected chi connectivity index (χ1v) is 8.19. The molecule has 3 rings (SSSR count). The third-order valence-electron chi connectivity index (χ3n) is 3.79. The quantitative estimate of drug-likeness (QED) is 0.706. The second-order valence-corrected chi connectivity index (χ2v) is 6.00. The molecule has 25 heavy (non-hydrogen) atoms. The van der Waals surface area contributed by atoms with Gasteiger partial charge in [0, 0.05) is 37.6 Å². The summed E-state index contributed by atoms with van der Waals surface area (Å²) in [5, 5.41) is 16.5. The Morgan fingerprint density at radius 2 is 2.28 bits per heavy atom. The Bertz CT molecular complexity index is 896. The molecule has 2 N–H and O–H groups in total. The standard InChI is InChI=1S/C17H18ClN5O2/c1-22(7-3-9-24)15-5-4-12(18)10-14(15)21-17(25)13-11-20-23-8-2-6-19-16(13)23/h2,4-6,8,10-11,24H,3,7,9H2,1H3,(H,21,25). The van der Waals surface area contributed by atoms with Gasteiger partial charge >= 0.3 is 0 Å². The van der Waals surface area contributed by atoms with Crippen molar-refractivity contribution in [2.75, 3.05) is 30.4 Å². The van der Waals surface area contributed by atoms with Gasteiger partial charge in [-0.3, -0.25) is 4.79 Å². The van der Waals surface area contributed by atoms with E-state index in [-0.39, 0.29) is 12.5 Å². The number of fused-ring (bicyclic) bond motifs is 1. The van der Waals surface area contributed by atoms with Gasteiger partial charge < -0.3 is 15.3 Å². The number of anilines is 2. The van der Waals surface area contributed by atoms with E-state index in [9.17, 15) is 4.79 Å². The molecule has 0 aliphatic heterocycles. The highest BCUT2D eigenvalue weighted by molar-refractivity contribution is 6.31. The molecular weight excluding hydrogens is 342 g/mol. The number of rotatable bonds is 6. The molecule has 1 aromatic carbocycles. The van der Waals surface area contributed by atoms with Gasteiger partial charge in [0.25, 0.3) is 5.91 Å². The van der Waals surface area contributed by atoms with Gasteiger partial charge in [-0.25, -0.2) is 9.50 Å². The highest BCUT2D eigenvalue weighted by Gasteiger charge is 2.16. The van der Waals surface area contributed by atoms with Crippen LogP contribution in [0.2, 0.25) is 5.02 Å². The van der Waals surface area contributed by atoms with Gasteiger partial charge in [-0.05, 0) is 30.7 Å². The normalized spacial score (nSPS) is 10.8. The number of carbonyl (C=O) groups excluding carboxylic acids is 1. The van der Waals surface area contributed by atoms with E-state index >= 15 is 0 Å². The number of nitrogens with one attached hydrogen (secondary N) is 1. The Balaban J connectivity index is 1.89. The maximum absolute atomic E-state index is 12.7. The van der Waals surface area contributed by atoms with Crippen molar-refractivity contribution in [1.82, 2.24) is 14.6 Å². The van der Waals surface area contributed by atoms with Crippen LogP contribution >= 0.6 is 11.6 Å². The number of halogens is 1. The summed E-state index contributed by atoms with van der Waals surface area (Å²) in [6, 6.07) is 7.04. The fourth-order valence-electron chi connectivity index (χ4n) is 2.55. The molecule has 0 bridgehead atoms. The van der Waals surface area contributed by atoms with Crippen LogP contribution in [0, 0.1) is 0 Å². The van der Waals surface area contributed by atoms with Crippen molar-refractivity contribution >= 4 is 34.5 Å². The van der Waals surface area contributed by atoms with Crippen molar-refractivity contribution in [2.24, 2.45) is 0 Å². The highest BCUT2D eigenvalue weighted by atomic mass is 35.5. The zero-order chi connectivity index (χ0) is 17.8. The molecule has 0 aliphatic rings. The predicted octanol–water partition coefficient (Wildman–Crippen LogP) is 2.45. The van der Waals surface area contributed by atoms with Crippen molar-refractivity contribution in [2.45, 2.75) is 6.42 Å². The average molecular weight is 360 g/mol. The van der Waals surface area contributed by atoms with Crippen molar-refractivity contribution in [3.8, 4) is 0 Å². The molecule has 0 saturated carbocycles. The number of hydrogen-bond donors (Lipinski definition) is 2. The lowest BCUT2D eigenvalue weighted by atomic mass is 10.2. The molecule has 0 spiro atoms. The SMILES string of the molecule is CN(CCCO)c1ccc(Cl)cc1NC(=O)c1cnn2cccnc12. The van der Waals surface area contributed by atoms with Gasteiger partial charge in [0.2, 0.25) is 0 Å². The molecule has 0 atom stereocenters. The Morgan fingerprint density at radius 3 is 3.08 bits per heavy atom. The first-order chi connectivity index (χ1) is 12.1. The smallest absolute Gasteiger partial charge is 0.261 e. The average Bonchev–Trinajstić information content (AvgIpc) is 3.04. The van der Waals surface area contributed by atoms with Crippen molar-refractivity contribution in [1.29, 1.82) is 0 Å². The van der Waals surface area contributed by atoms with Gasteiger partial charge in [0.1, 0.15) is 5.56 Å². The number of hydrogen-bond acceptors (Lipinski definition) is 5. The van der Waals surface area contributed by atoms with Gasteiger partial charge in [-0.15, -0.1) is 0 Å². The first-order valence-electron chi connectivity index (χ1n) is 7.81. The van der Waals surface area contributed by atoms with Crippen LogP contribution in [-0.2, 0) is 0 Å². The van der Waals surface area contributed by atoms with E-state index in [0.29, 0.717) is 34.9 Å². The van der Waals surface area contributed by atoms with Crippen molar-refractivity contribution in [3.05, 3.63) is 53.4 Å². The summed E-state index contributed by atoms with van der Waals surface area (Å²) in [5.41, 5.74) is 2.27. The Morgan fingerprint density at radius 1 is 1.44 bits per heavy atom. The number of aliphatic hydroxyl groups excluding tert-OH is 1. The molecular formula is C17H18ClN5O2. The van der Waals surface area contributed by atoms with Crippen molar-refractivity contribution < 1.29 is 9.90 Å². The molecule has 0 unspecified atom stereocenters. The van der Waals surface area contributed by atoms with E-state index in [2.05, 4.69) is 15.4 Å². The fraction of sp³-hybridized carbons (Fsp3) is 0.235. The lowest BCUT2D eigenvalue weighted by Crippen LogP contribution is -2.22. The number of aliphatic hydroxyl groups is 1.